The lowest BCUT2D eigenvalue weighted by molar-refractivity contribution is -1.14. The molecule has 0 radical (unpaired) electrons. The molecule has 0 atom stereocenters. The molecule has 0 saturated carbocycles. The van der Waals surface area contributed by atoms with E-state index in [1.54, 1.807) is 53.9 Å². The average molecular weight is 349 g/mol. The highest BCUT2D eigenvalue weighted by Gasteiger charge is 2.56. The van der Waals surface area contributed by atoms with E-state index >= 15 is 0 Å². The van der Waals surface area contributed by atoms with Gasteiger partial charge in [0.25, 0.3) is 0 Å². The van der Waals surface area contributed by atoms with Crippen LogP contribution in [-0.4, -0.2) is 54.4 Å². The molecule has 0 amide bonds. The first kappa shape index (κ1) is 18.3. The number of rotatable bonds is 9. The zero-order valence-corrected chi connectivity index (χ0v) is 17.1. The third kappa shape index (κ3) is 3.68. The van der Waals surface area contributed by atoms with E-state index in [-0.39, 0.29) is 0 Å². The minimum Gasteiger partial charge on any atom is -0.275 e. The maximum Gasteiger partial charge on any atom is 0.216 e. The van der Waals surface area contributed by atoms with Crippen molar-refractivity contribution in [2.24, 2.45) is 11.8 Å². The summed E-state index contributed by atoms with van der Waals surface area (Å²) < 4.78 is 3.10. The molecule has 6 saturated heterocycles. The van der Waals surface area contributed by atoms with E-state index in [1.165, 1.54) is 77.8 Å². The van der Waals surface area contributed by atoms with Gasteiger partial charge < -0.3 is 0 Å². The Labute approximate surface area is 157 Å². The number of quaternary nitrogens is 2. The van der Waals surface area contributed by atoms with Gasteiger partial charge in [0.2, 0.25) is 6.17 Å². The molecule has 0 aromatic heterocycles. The van der Waals surface area contributed by atoms with E-state index < -0.39 is 0 Å². The van der Waals surface area contributed by atoms with Gasteiger partial charge in [-0.15, -0.1) is 0 Å². The van der Waals surface area contributed by atoms with Crippen molar-refractivity contribution >= 4 is 0 Å². The monoisotopic (exact) mass is 348 g/mol. The van der Waals surface area contributed by atoms with Crippen LogP contribution in [0, 0.1) is 11.8 Å². The SMILES string of the molecule is CCCCCCCCC([N+]12CCC(CC1)CC2)[N+]12CCC(CC1)CC2. The fourth-order valence-electron chi connectivity index (χ4n) is 7.24. The Bertz CT molecular complexity index is 356. The maximum absolute atomic E-state index is 2.34. The van der Waals surface area contributed by atoms with E-state index in [0.717, 1.165) is 18.0 Å². The molecule has 6 heterocycles. The van der Waals surface area contributed by atoms with Crippen LogP contribution in [0.15, 0.2) is 0 Å². The Morgan fingerprint density at radius 1 is 0.600 bits per heavy atom. The first-order valence-corrected chi connectivity index (χ1v) is 12.0. The summed E-state index contributed by atoms with van der Waals surface area (Å²) in [5.41, 5.74) is 0. The molecule has 6 aliphatic heterocycles. The lowest BCUT2D eigenvalue weighted by Crippen LogP contribution is -2.76. The summed E-state index contributed by atoms with van der Waals surface area (Å²) in [5, 5.41) is 0. The molecule has 0 N–H and O–H groups in total. The molecule has 6 fully saturated rings. The Balaban J connectivity index is 1.43. The highest BCUT2D eigenvalue weighted by molar-refractivity contribution is 4.78. The second kappa shape index (κ2) is 7.89. The number of piperidine rings is 6. The van der Waals surface area contributed by atoms with Gasteiger partial charge in [0.05, 0.1) is 45.7 Å². The second-order valence-electron chi connectivity index (χ2n) is 10.3. The van der Waals surface area contributed by atoms with E-state index in [0.29, 0.717) is 0 Å². The zero-order chi connectivity index (χ0) is 17.2. The summed E-state index contributed by atoms with van der Waals surface area (Å²) in [6, 6.07) is 0. The molecular formula is C23H44N2+2. The number of hydrogen-bond donors (Lipinski definition) is 0. The zero-order valence-electron chi connectivity index (χ0n) is 17.1. The van der Waals surface area contributed by atoms with Crippen LogP contribution in [0.3, 0.4) is 0 Å². The molecule has 0 aromatic rings. The first-order chi connectivity index (χ1) is 12.3. The molecule has 4 bridgehead atoms. The van der Waals surface area contributed by atoms with Crippen molar-refractivity contribution in [1.82, 2.24) is 0 Å². The number of hydrogen-bond acceptors (Lipinski definition) is 0. The molecule has 0 unspecified atom stereocenters. The molecule has 0 aliphatic carbocycles. The van der Waals surface area contributed by atoms with E-state index in [9.17, 15) is 0 Å². The predicted octanol–water partition coefficient (Wildman–Crippen LogP) is 5.32. The summed E-state index contributed by atoms with van der Waals surface area (Å²) in [7, 11) is 0. The fourth-order valence-corrected chi connectivity index (χ4v) is 7.24. The van der Waals surface area contributed by atoms with Gasteiger partial charge in [0.15, 0.2) is 0 Å². The number of unbranched alkanes of at least 4 members (excludes halogenated alkanes) is 5. The second-order valence-corrected chi connectivity index (χ2v) is 10.3. The summed E-state index contributed by atoms with van der Waals surface area (Å²) in [6.45, 7) is 11.6. The largest absolute Gasteiger partial charge is 0.275 e. The van der Waals surface area contributed by atoms with Crippen LogP contribution in [0.1, 0.15) is 90.4 Å². The Morgan fingerprint density at radius 3 is 1.44 bits per heavy atom. The van der Waals surface area contributed by atoms with Gasteiger partial charge in [-0.25, -0.2) is 0 Å². The van der Waals surface area contributed by atoms with E-state index in [2.05, 4.69) is 6.92 Å². The van der Waals surface area contributed by atoms with Crippen LogP contribution in [0.25, 0.3) is 0 Å². The van der Waals surface area contributed by atoms with Crippen LogP contribution in [-0.2, 0) is 0 Å². The topological polar surface area (TPSA) is 0 Å². The molecule has 2 heteroatoms. The third-order valence-corrected chi connectivity index (χ3v) is 8.98. The van der Waals surface area contributed by atoms with Crippen molar-refractivity contribution in [2.45, 2.75) is 96.6 Å². The van der Waals surface area contributed by atoms with Crippen molar-refractivity contribution in [3.63, 3.8) is 0 Å². The first-order valence-electron chi connectivity index (χ1n) is 12.0. The lowest BCUT2D eigenvalue weighted by atomic mass is 9.81. The van der Waals surface area contributed by atoms with Gasteiger partial charge >= 0.3 is 0 Å². The lowest BCUT2D eigenvalue weighted by Gasteiger charge is -2.61. The molecule has 2 nitrogen and oxygen atoms in total. The van der Waals surface area contributed by atoms with Gasteiger partial charge in [-0.1, -0.05) is 39.0 Å². The summed E-state index contributed by atoms with van der Waals surface area (Å²) in [4.78, 5) is 0. The average Bonchev–Trinajstić information content (AvgIpc) is 2.70. The molecule has 25 heavy (non-hydrogen) atoms. The van der Waals surface area contributed by atoms with Gasteiger partial charge in [0, 0.05) is 38.5 Å². The molecule has 0 aromatic carbocycles. The van der Waals surface area contributed by atoms with Gasteiger partial charge in [-0.3, -0.25) is 8.97 Å². The quantitative estimate of drug-likeness (QED) is 0.390. The van der Waals surface area contributed by atoms with Crippen molar-refractivity contribution < 1.29 is 8.97 Å². The van der Waals surface area contributed by atoms with Gasteiger partial charge in [-0.2, -0.15) is 0 Å². The summed E-state index contributed by atoms with van der Waals surface area (Å²) in [5.74, 6) is 2.20. The summed E-state index contributed by atoms with van der Waals surface area (Å²) in [6.07, 6.45) is 20.6. The van der Waals surface area contributed by atoms with Gasteiger partial charge in [-0.05, 0) is 18.3 Å². The summed E-state index contributed by atoms with van der Waals surface area (Å²) >= 11 is 0. The van der Waals surface area contributed by atoms with E-state index in [1.807, 2.05) is 0 Å². The Kier molecular flexibility index (Phi) is 5.77. The Morgan fingerprint density at radius 2 is 1.00 bits per heavy atom. The van der Waals surface area contributed by atoms with Gasteiger partial charge in [0.1, 0.15) is 0 Å². The van der Waals surface area contributed by atoms with Crippen molar-refractivity contribution in [1.29, 1.82) is 0 Å². The minimum absolute atomic E-state index is 0.980. The van der Waals surface area contributed by atoms with Crippen LogP contribution < -0.4 is 0 Å². The minimum atomic E-state index is 0.980. The van der Waals surface area contributed by atoms with Crippen molar-refractivity contribution in [3.8, 4) is 0 Å². The van der Waals surface area contributed by atoms with Crippen LogP contribution in [0.5, 0.6) is 0 Å². The molecule has 0 spiro atoms. The third-order valence-electron chi connectivity index (χ3n) is 8.98. The smallest absolute Gasteiger partial charge is 0.216 e. The molecule has 6 aliphatic rings. The van der Waals surface area contributed by atoms with E-state index in [4.69, 9.17) is 0 Å². The van der Waals surface area contributed by atoms with Crippen molar-refractivity contribution in [2.75, 3.05) is 39.3 Å². The molecule has 144 valence electrons. The van der Waals surface area contributed by atoms with Crippen LogP contribution in [0.4, 0.5) is 0 Å². The predicted molar refractivity (Wildman–Crippen MR) is 106 cm³/mol. The van der Waals surface area contributed by atoms with Crippen LogP contribution >= 0.6 is 0 Å². The highest BCUT2D eigenvalue weighted by atomic mass is 15.6. The molecule has 6 rings (SSSR count). The standard InChI is InChI=1S/C23H44N2/c1-2-3-4-5-6-7-8-23(24-15-9-21(10-16-24)11-17-24)25-18-12-22(13-19-25)14-20-25/h21-23H,2-20H2,1H3/q+2. The number of fused-ring (bicyclic) bond motifs is 6. The highest BCUT2D eigenvalue weighted by Crippen LogP contribution is 2.44. The van der Waals surface area contributed by atoms with Crippen LogP contribution in [0.2, 0.25) is 0 Å². The fraction of sp³-hybridized carbons (Fsp3) is 1.00. The normalized spacial score (nSPS) is 41.2. The van der Waals surface area contributed by atoms with Crippen molar-refractivity contribution in [3.05, 3.63) is 0 Å². The maximum atomic E-state index is 2.34. The number of nitrogens with zero attached hydrogens (tertiary/aromatic N) is 2. The molecular weight excluding hydrogens is 304 g/mol. The Hall–Kier alpha value is -0.0800.